The van der Waals surface area contributed by atoms with E-state index in [9.17, 15) is 18.0 Å². The van der Waals surface area contributed by atoms with Crippen molar-refractivity contribution in [3.05, 3.63) is 77.2 Å². The van der Waals surface area contributed by atoms with E-state index in [2.05, 4.69) is 5.32 Å². The van der Waals surface area contributed by atoms with Crippen molar-refractivity contribution in [1.82, 2.24) is 5.48 Å². The number of ether oxygens (including phenoxy) is 1. The Hall–Kier alpha value is -2.80. The van der Waals surface area contributed by atoms with Crippen LogP contribution in [0.3, 0.4) is 0 Å². The summed E-state index contributed by atoms with van der Waals surface area (Å²) in [5.41, 5.74) is 9.91. The number of carbonyl (C=O) groups is 2. The van der Waals surface area contributed by atoms with Crippen LogP contribution in [0.1, 0.15) is 36.1 Å². The normalized spacial score (nSPS) is 18.9. The molecule has 1 saturated heterocycles. The molecule has 12 heteroatoms. The number of carbonyl (C=O) groups excluding carboxylic acids is 2. The van der Waals surface area contributed by atoms with Gasteiger partial charge in [0.2, 0.25) is 11.8 Å². The van der Waals surface area contributed by atoms with Crippen LogP contribution in [0.4, 0.5) is 5.69 Å². The lowest BCUT2D eigenvalue weighted by Crippen LogP contribution is -2.43. The summed E-state index contributed by atoms with van der Waals surface area (Å²) >= 11 is 1.29. The predicted octanol–water partition coefficient (Wildman–Crippen LogP) is 4.01. The maximum absolute atomic E-state index is 13.2. The maximum atomic E-state index is 13.2. The number of amides is 2. The van der Waals surface area contributed by atoms with Crippen molar-refractivity contribution >= 4 is 51.1 Å². The predicted molar refractivity (Wildman–Crippen MR) is 154 cm³/mol. The van der Waals surface area contributed by atoms with E-state index >= 15 is 0 Å². The molecule has 2 heterocycles. The van der Waals surface area contributed by atoms with E-state index in [0.717, 1.165) is 16.0 Å². The summed E-state index contributed by atoms with van der Waals surface area (Å²) in [6.45, 7) is 0.419. The number of hydrogen-bond acceptors (Lipinski definition) is 8. The second-order valence-corrected chi connectivity index (χ2v) is 12.8. The highest BCUT2D eigenvalue weighted by Crippen LogP contribution is 2.47. The second-order valence-electron chi connectivity index (χ2n) is 9.32. The molecule has 0 spiro atoms. The molecular weight excluding hydrogens is 562 g/mol. The minimum absolute atomic E-state index is 0. The number of rotatable bonds is 10. The number of sulfone groups is 1. The van der Waals surface area contributed by atoms with Crippen LogP contribution < -0.4 is 16.5 Å². The largest absolute Gasteiger partial charge is 0.375 e. The molecule has 2 aromatic carbocycles. The smallest absolute Gasteiger partial charge is 0.245 e. The fourth-order valence-electron chi connectivity index (χ4n) is 4.59. The van der Waals surface area contributed by atoms with Crippen molar-refractivity contribution in [1.29, 1.82) is 0 Å². The minimum Gasteiger partial charge on any atom is -0.375 e. The number of thiophene rings is 1. The van der Waals surface area contributed by atoms with Crippen LogP contribution in [-0.2, 0) is 35.5 Å². The molecule has 39 heavy (non-hydrogen) atoms. The molecule has 5 N–H and O–H groups in total. The first-order valence-electron chi connectivity index (χ1n) is 12.3. The van der Waals surface area contributed by atoms with Crippen LogP contribution in [0, 0.1) is 0 Å². The topological polar surface area (TPSA) is 148 Å². The summed E-state index contributed by atoms with van der Waals surface area (Å²) in [5, 5.41) is 11.9. The van der Waals surface area contributed by atoms with Crippen molar-refractivity contribution in [3.63, 3.8) is 0 Å². The van der Waals surface area contributed by atoms with Crippen molar-refractivity contribution in [2.45, 2.75) is 43.1 Å². The molecule has 1 fully saturated rings. The molecule has 0 saturated carbocycles. The van der Waals surface area contributed by atoms with Gasteiger partial charge in [-0.1, -0.05) is 48.9 Å². The fourth-order valence-corrected chi connectivity index (χ4v) is 8.37. The molecule has 1 aliphatic rings. The molecule has 0 unspecified atom stereocenters. The van der Waals surface area contributed by atoms with Crippen LogP contribution in [0.5, 0.6) is 0 Å². The molecule has 0 radical (unpaired) electrons. The van der Waals surface area contributed by atoms with Gasteiger partial charge in [-0.15, -0.1) is 23.7 Å². The molecular formula is C27H32ClN3O6S2. The van der Waals surface area contributed by atoms with Crippen molar-refractivity contribution in [2.24, 2.45) is 5.73 Å². The van der Waals surface area contributed by atoms with Gasteiger partial charge in [0, 0.05) is 15.4 Å². The fraction of sp³-hybridized carbons (Fsp3) is 0.333. The molecule has 9 nitrogen and oxygen atoms in total. The lowest BCUT2D eigenvalue weighted by molar-refractivity contribution is -0.130. The number of halogens is 1. The molecule has 3 aromatic rings. The third-order valence-corrected chi connectivity index (χ3v) is 10.7. The lowest BCUT2D eigenvalue weighted by atomic mass is 9.94. The average molecular weight is 594 g/mol. The van der Waals surface area contributed by atoms with E-state index < -0.39 is 26.5 Å². The maximum Gasteiger partial charge on any atom is 0.245 e. The summed E-state index contributed by atoms with van der Waals surface area (Å²) in [6.07, 6.45) is 1.18. The summed E-state index contributed by atoms with van der Waals surface area (Å²) in [7, 11) is -3.62. The third-order valence-electron chi connectivity index (χ3n) is 6.63. The first kappa shape index (κ1) is 30.7. The Balaban J connectivity index is 0.00000420. The zero-order chi connectivity index (χ0) is 27.2. The first-order valence-corrected chi connectivity index (χ1v) is 14.7. The van der Waals surface area contributed by atoms with Crippen LogP contribution in [0.15, 0.2) is 66.7 Å². The van der Waals surface area contributed by atoms with Crippen LogP contribution in [0.2, 0.25) is 0 Å². The molecule has 1 aromatic heterocycles. The highest BCUT2D eigenvalue weighted by Gasteiger charge is 2.49. The zero-order valence-electron chi connectivity index (χ0n) is 21.2. The molecule has 4 rings (SSSR count). The van der Waals surface area contributed by atoms with Gasteiger partial charge in [0.15, 0.2) is 9.84 Å². The molecule has 0 aliphatic carbocycles. The number of hydrogen-bond donors (Lipinski definition) is 4. The second kappa shape index (κ2) is 13.5. The van der Waals surface area contributed by atoms with Gasteiger partial charge in [-0.25, -0.2) is 13.9 Å². The Morgan fingerprint density at radius 1 is 1.08 bits per heavy atom. The van der Waals surface area contributed by atoms with Gasteiger partial charge in [0.1, 0.15) is 10.8 Å². The standard InChI is InChI=1S/C27H31N3O6S2.ClH/c28-22(18-36-17-19-7-2-1-3-8-19)26(32)29-21-10-6-9-20(15-21)23-11-12-24(37-23)27(16-25(31)30-33)13-4-5-14-38(27,34)35;/h1-3,6-12,15,22,33H,4-5,13-14,16-18,28H2,(H,29,32)(H,30,31);1H/t22-,27+;/m1./s1. The first-order chi connectivity index (χ1) is 18.2. The van der Waals surface area contributed by atoms with Gasteiger partial charge in [-0.05, 0) is 48.2 Å². The Morgan fingerprint density at radius 2 is 1.85 bits per heavy atom. The third kappa shape index (κ3) is 7.24. The lowest BCUT2D eigenvalue weighted by Gasteiger charge is -2.35. The number of nitrogens with one attached hydrogen (secondary N) is 2. The summed E-state index contributed by atoms with van der Waals surface area (Å²) in [6, 6.07) is 19.5. The zero-order valence-corrected chi connectivity index (χ0v) is 23.6. The number of anilines is 1. The monoisotopic (exact) mass is 593 g/mol. The summed E-state index contributed by atoms with van der Waals surface area (Å²) in [5.74, 6) is -1.13. The van der Waals surface area contributed by atoms with Crippen molar-refractivity contribution in [3.8, 4) is 10.4 Å². The minimum atomic E-state index is -3.62. The molecule has 2 amide bonds. The Labute approximate surface area is 238 Å². The highest BCUT2D eigenvalue weighted by atomic mass is 35.5. The van der Waals surface area contributed by atoms with Crippen LogP contribution in [-0.4, -0.2) is 43.8 Å². The molecule has 1 aliphatic heterocycles. The van der Waals surface area contributed by atoms with Crippen LogP contribution >= 0.6 is 23.7 Å². The van der Waals surface area contributed by atoms with E-state index in [-0.39, 0.29) is 37.1 Å². The summed E-state index contributed by atoms with van der Waals surface area (Å²) in [4.78, 5) is 26.0. The van der Waals surface area contributed by atoms with Gasteiger partial charge in [-0.2, -0.15) is 0 Å². The number of benzene rings is 2. The quantitative estimate of drug-likeness (QED) is 0.205. The molecule has 210 valence electrons. The highest BCUT2D eigenvalue weighted by molar-refractivity contribution is 7.92. The van der Waals surface area contributed by atoms with E-state index in [1.165, 1.54) is 11.3 Å². The molecule has 0 bridgehead atoms. The van der Waals surface area contributed by atoms with Crippen molar-refractivity contribution < 1.29 is 28.0 Å². The SMILES string of the molecule is Cl.N[C@H](COCc1ccccc1)C(=O)Nc1cccc(-c2ccc([C@@]3(CC(=O)NO)CCCCS3(=O)=O)s2)c1. The van der Waals surface area contributed by atoms with Gasteiger partial charge in [0.25, 0.3) is 0 Å². The van der Waals surface area contributed by atoms with E-state index in [1.807, 2.05) is 42.5 Å². The Morgan fingerprint density at radius 3 is 2.56 bits per heavy atom. The Bertz CT molecular complexity index is 1380. The average Bonchev–Trinajstić information content (AvgIpc) is 3.41. The summed E-state index contributed by atoms with van der Waals surface area (Å²) < 4.78 is 30.5. The van der Waals surface area contributed by atoms with E-state index in [4.69, 9.17) is 15.7 Å². The van der Waals surface area contributed by atoms with Gasteiger partial charge < -0.3 is 15.8 Å². The Kier molecular flexibility index (Phi) is 10.6. The van der Waals surface area contributed by atoms with Gasteiger partial charge >= 0.3 is 0 Å². The van der Waals surface area contributed by atoms with Gasteiger partial charge in [-0.3, -0.25) is 14.8 Å². The van der Waals surface area contributed by atoms with Crippen LogP contribution in [0.25, 0.3) is 10.4 Å². The van der Waals surface area contributed by atoms with Gasteiger partial charge in [0.05, 0.1) is 25.4 Å². The molecule has 2 atom stereocenters. The van der Waals surface area contributed by atoms with E-state index in [0.29, 0.717) is 36.4 Å². The van der Waals surface area contributed by atoms with E-state index in [1.54, 1.807) is 29.7 Å². The number of nitrogens with two attached hydrogens (primary N) is 1. The van der Waals surface area contributed by atoms with Crippen molar-refractivity contribution in [2.75, 3.05) is 17.7 Å². The number of hydroxylamine groups is 1.